The fraction of sp³-hybridized carbons (Fsp3) is 0.278. The monoisotopic (exact) mass is 322 g/mol. The van der Waals surface area contributed by atoms with Crippen LogP contribution in [0, 0.1) is 0 Å². The molecule has 1 saturated heterocycles. The molecule has 122 valence electrons. The van der Waals surface area contributed by atoms with Gasteiger partial charge in [0.05, 0.1) is 30.6 Å². The van der Waals surface area contributed by atoms with Crippen LogP contribution in [0.15, 0.2) is 49.1 Å². The van der Waals surface area contributed by atoms with Crippen molar-refractivity contribution in [2.75, 3.05) is 19.7 Å². The Bertz CT molecular complexity index is 875. The van der Waals surface area contributed by atoms with E-state index in [0.29, 0.717) is 19.7 Å². The van der Waals surface area contributed by atoms with Crippen LogP contribution in [0.5, 0.6) is 0 Å². The highest BCUT2D eigenvalue weighted by Gasteiger charge is 2.28. The molecule has 0 bridgehead atoms. The number of aromatic nitrogens is 3. The molecule has 0 spiro atoms. The molecule has 2 aromatic heterocycles. The number of morpholine rings is 1. The van der Waals surface area contributed by atoms with Gasteiger partial charge < -0.3 is 14.2 Å². The van der Waals surface area contributed by atoms with Gasteiger partial charge in [-0.05, 0) is 6.07 Å². The molecule has 0 N–H and O–H groups in total. The van der Waals surface area contributed by atoms with E-state index in [4.69, 9.17) is 4.74 Å². The number of nitrogens with zero attached hydrogens (tertiary/aromatic N) is 4. The smallest absolute Gasteiger partial charge is 0.256 e. The molecule has 1 amide bonds. The van der Waals surface area contributed by atoms with Gasteiger partial charge >= 0.3 is 0 Å². The summed E-state index contributed by atoms with van der Waals surface area (Å²) in [6.45, 7) is 1.57. The third-order valence-electron chi connectivity index (χ3n) is 4.39. The van der Waals surface area contributed by atoms with Crippen molar-refractivity contribution in [3.63, 3.8) is 0 Å². The second kappa shape index (κ2) is 6.05. The lowest BCUT2D eigenvalue weighted by molar-refractivity contribution is -0.0248. The van der Waals surface area contributed by atoms with Gasteiger partial charge in [-0.3, -0.25) is 14.8 Å². The minimum Gasteiger partial charge on any atom is -0.368 e. The highest BCUT2D eigenvalue weighted by Crippen LogP contribution is 2.25. The summed E-state index contributed by atoms with van der Waals surface area (Å²) in [5.74, 6) is 0.0315. The van der Waals surface area contributed by atoms with E-state index in [1.165, 1.54) is 0 Å². The maximum absolute atomic E-state index is 13.0. The Labute approximate surface area is 139 Å². The highest BCUT2D eigenvalue weighted by atomic mass is 16.5. The third-order valence-corrected chi connectivity index (χ3v) is 4.39. The number of ether oxygens (including phenoxy) is 1. The zero-order valence-electron chi connectivity index (χ0n) is 13.4. The van der Waals surface area contributed by atoms with Crippen molar-refractivity contribution < 1.29 is 9.53 Å². The van der Waals surface area contributed by atoms with E-state index in [0.717, 1.165) is 22.2 Å². The average Bonchev–Trinajstić information content (AvgIpc) is 2.99. The quantitative estimate of drug-likeness (QED) is 0.725. The first-order valence-electron chi connectivity index (χ1n) is 7.95. The standard InChI is InChI=1S/C18H18N4O2/c1-21-11-14(13-4-2-3-5-16(13)21)18(23)22-8-9-24-17(12-22)15-10-19-6-7-20-15/h2-7,10-11,17H,8-9,12H2,1H3. The topological polar surface area (TPSA) is 60.2 Å². The molecule has 24 heavy (non-hydrogen) atoms. The van der Waals surface area contributed by atoms with Gasteiger partial charge in [-0.15, -0.1) is 0 Å². The van der Waals surface area contributed by atoms with Crippen LogP contribution in [-0.4, -0.2) is 45.0 Å². The number of rotatable bonds is 2. The maximum Gasteiger partial charge on any atom is 0.256 e. The number of carbonyl (C=O) groups excluding carboxylic acids is 1. The Kier molecular flexibility index (Phi) is 3.74. The maximum atomic E-state index is 13.0. The van der Waals surface area contributed by atoms with Crippen molar-refractivity contribution in [3.8, 4) is 0 Å². The van der Waals surface area contributed by atoms with Crippen LogP contribution in [0.1, 0.15) is 22.2 Å². The number of hydrogen-bond acceptors (Lipinski definition) is 4. The zero-order valence-corrected chi connectivity index (χ0v) is 13.4. The summed E-state index contributed by atoms with van der Waals surface area (Å²) >= 11 is 0. The van der Waals surface area contributed by atoms with Crippen LogP contribution in [-0.2, 0) is 11.8 Å². The van der Waals surface area contributed by atoms with Crippen LogP contribution < -0.4 is 0 Å². The normalized spacial score (nSPS) is 18.0. The number of carbonyl (C=O) groups is 1. The van der Waals surface area contributed by atoms with Crippen molar-refractivity contribution in [2.45, 2.75) is 6.10 Å². The lowest BCUT2D eigenvalue weighted by atomic mass is 10.1. The molecule has 0 aliphatic carbocycles. The Morgan fingerprint density at radius 2 is 2.17 bits per heavy atom. The van der Waals surface area contributed by atoms with E-state index in [1.807, 2.05) is 47.0 Å². The van der Waals surface area contributed by atoms with Crippen LogP contribution in [0.25, 0.3) is 10.9 Å². The lowest BCUT2D eigenvalue weighted by Gasteiger charge is -2.32. The summed E-state index contributed by atoms with van der Waals surface area (Å²) in [5.41, 5.74) is 2.54. The van der Waals surface area contributed by atoms with Crippen LogP contribution in [0.2, 0.25) is 0 Å². The first-order valence-corrected chi connectivity index (χ1v) is 7.95. The first-order chi connectivity index (χ1) is 11.7. The molecule has 0 radical (unpaired) electrons. The van der Waals surface area contributed by atoms with Crippen molar-refractivity contribution >= 4 is 16.8 Å². The van der Waals surface area contributed by atoms with E-state index in [2.05, 4.69) is 9.97 Å². The van der Waals surface area contributed by atoms with Crippen LogP contribution in [0.3, 0.4) is 0 Å². The molecule has 6 heteroatoms. The van der Waals surface area contributed by atoms with Crippen LogP contribution >= 0.6 is 0 Å². The van der Waals surface area contributed by atoms with Gasteiger partial charge in [-0.1, -0.05) is 18.2 Å². The second-order valence-corrected chi connectivity index (χ2v) is 5.91. The summed E-state index contributed by atoms with van der Waals surface area (Å²) < 4.78 is 7.76. The summed E-state index contributed by atoms with van der Waals surface area (Å²) in [6, 6.07) is 7.95. The van der Waals surface area contributed by atoms with E-state index < -0.39 is 0 Å². The number of hydrogen-bond donors (Lipinski definition) is 0. The number of benzene rings is 1. The minimum absolute atomic E-state index is 0.0315. The molecule has 0 saturated carbocycles. The minimum atomic E-state index is -0.230. The van der Waals surface area contributed by atoms with Gasteiger partial charge in [0.1, 0.15) is 6.10 Å². The first kappa shape index (κ1) is 14.8. The predicted molar refractivity (Wildman–Crippen MR) is 89.5 cm³/mol. The van der Waals surface area contributed by atoms with Gasteiger partial charge in [0.15, 0.2) is 0 Å². The Hall–Kier alpha value is -2.73. The predicted octanol–water partition coefficient (Wildman–Crippen LogP) is 2.18. The van der Waals surface area contributed by atoms with Crippen molar-refractivity contribution in [1.29, 1.82) is 0 Å². The van der Waals surface area contributed by atoms with Crippen molar-refractivity contribution in [3.05, 3.63) is 60.3 Å². The molecule has 1 unspecified atom stereocenters. The van der Waals surface area contributed by atoms with E-state index in [1.54, 1.807) is 18.6 Å². The fourth-order valence-electron chi connectivity index (χ4n) is 3.17. The Morgan fingerprint density at radius 3 is 3.00 bits per heavy atom. The molecule has 1 aromatic carbocycles. The Morgan fingerprint density at radius 1 is 1.29 bits per heavy atom. The summed E-state index contributed by atoms with van der Waals surface area (Å²) in [6.07, 6.45) is 6.64. The van der Waals surface area contributed by atoms with Gasteiger partial charge in [-0.2, -0.15) is 0 Å². The van der Waals surface area contributed by atoms with Gasteiger partial charge in [0, 0.05) is 43.1 Å². The molecular formula is C18H18N4O2. The molecule has 3 aromatic rings. The number of fused-ring (bicyclic) bond motifs is 1. The van der Waals surface area contributed by atoms with Crippen molar-refractivity contribution in [2.24, 2.45) is 7.05 Å². The van der Waals surface area contributed by atoms with Gasteiger partial charge in [0.25, 0.3) is 5.91 Å². The molecular weight excluding hydrogens is 304 g/mol. The molecule has 6 nitrogen and oxygen atoms in total. The largest absolute Gasteiger partial charge is 0.368 e. The van der Waals surface area contributed by atoms with Gasteiger partial charge in [-0.25, -0.2) is 0 Å². The summed E-state index contributed by atoms with van der Waals surface area (Å²) in [5, 5.41) is 0.979. The second-order valence-electron chi connectivity index (χ2n) is 5.91. The third kappa shape index (κ3) is 2.55. The SMILES string of the molecule is Cn1cc(C(=O)N2CCOC(c3cnccn3)C2)c2ccccc21. The Balaban J connectivity index is 1.62. The molecule has 1 fully saturated rings. The molecule has 1 aliphatic rings. The summed E-state index contributed by atoms with van der Waals surface area (Å²) in [4.78, 5) is 23.2. The molecule has 4 rings (SSSR count). The zero-order chi connectivity index (χ0) is 16.5. The van der Waals surface area contributed by atoms with E-state index >= 15 is 0 Å². The average molecular weight is 322 g/mol. The number of amides is 1. The molecule has 1 aliphatic heterocycles. The lowest BCUT2D eigenvalue weighted by Crippen LogP contribution is -2.42. The fourth-order valence-corrected chi connectivity index (χ4v) is 3.17. The van der Waals surface area contributed by atoms with E-state index in [9.17, 15) is 4.79 Å². The van der Waals surface area contributed by atoms with E-state index in [-0.39, 0.29) is 12.0 Å². The molecule has 1 atom stereocenters. The summed E-state index contributed by atoms with van der Waals surface area (Å²) in [7, 11) is 1.96. The highest BCUT2D eigenvalue weighted by molar-refractivity contribution is 6.07. The van der Waals surface area contributed by atoms with Crippen LogP contribution in [0.4, 0.5) is 0 Å². The molecule has 3 heterocycles. The number of aryl methyl sites for hydroxylation is 1. The van der Waals surface area contributed by atoms with Crippen molar-refractivity contribution in [1.82, 2.24) is 19.4 Å². The number of para-hydroxylation sites is 1. The van der Waals surface area contributed by atoms with Gasteiger partial charge in [0.2, 0.25) is 0 Å².